The molecule has 0 spiro atoms. The van der Waals surface area contributed by atoms with Gasteiger partial charge in [0.2, 0.25) is 0 Å². The highest BCUT2D eigenvalue weighted by molar-refractivity contribution is 6.21. The van der Waals surface area contributed by atoms with Crippen LogP contribution >= 0.6 is 11.6 Å². The molecule has 1 rings (SSSR count). The molecule has 1 aliphatic heterocycles. The van der Waals surface area contributed by atoms with Gasteiger partial charge < -0.3 is 25.2 Å². The molecule has 1 heterocycles. The average Bonchev–Trinajstić information content (AvgIpc) is 2.08. The Morgan fingerprint density at radius 3 is 2.25 bits per heavy atom. The van der Waals surface area contributed by atoms with Gasteiger partial charge in [-0.1, -0.05) is 0 Å². The standard InChI is InChI=1S/C6H11ClO5/c7-3-4(9)2(1-8)12-6(11)5(3)10/h2-6,8-11H,1H2/t2?,3?,4-,5?,6?/m1/s1. The number of hydrogen-bond acceptors (Lipinski definition) is 5. The van der Waals surface area contributed by atoms with Crippen LogP contribution in [0.15, 0.2) is 0 Å². The van der Waals surface area contributed by atoms with Gasteiger partial charge in [-0.25, -0.2) is 0 Å². The monoisotopic (exact) mass is 198 g/mol. The molecule has 0 aromatic carbocycles. The number of alkyl halides is 1. The van der Waals surface area contributed by atoms with E-state index in [1.54, 1.807) is 0 Å². The first-order valence-electron chi connectivity index (χ1n) is 3.52. The van der Waals surface area contributed by atoms with Gasteiger partial charge in [-0.2, -0.15) is 0 Å². The van der Waals surface area contributed by atoms with E-state index in [4.69, 9.17) is 26.9 Å². The smallest absolute Gasteiger partial charge is 0.182 e. The van der Waals surface area contributed by atoms with Crippen molar-refractivity contribution in [1.82, 2.24) is 0 Å². The van der Waals surface area contributed by atoms with Gasteiger partial charge in [0.25, 0.3) is 0 Å². The van der Waals surface area contributed by atoms with Crippen molar-refractivity contribution in [3.8, 4) is 0 Å². The van der Waals surface area contributed by atoms with E-state index < -0.39 is 36.6 Å². The summed E-state index contributed by atoms with van der Waals surface area (Å²) in [5, 5.41) is 34.9. The molecule has 4 unspecified atom stereocenters. The summed E-state index contributed by atoms with van der Waals surface area (Å²) >= 11 is 5.53. The van der Waals surface area contributed by atoms with Crippen molar-refractivity contribution < 1.29 is 25.2 Å². The van der Waals surface area contributed by atoms with Gasteiger partial charge >= 0.3 is 0 Å². The van der Waals surface area contributed by atoms with Crippen molar-refractivity contribution >= 4 is 11.6 Å². The SMILES string of the molecule is OCC1OC(O)C(O)C(Cl)[C@@H]1O. The van der Waals surface area contributed by atoms with E-state index >= 15 is 0 Å². The van der Waals surface area contributed by atoms with E-state index in [2.05, 4.69) is 4.74 Å². The molecule has 5 nitrogen and oxygen atoms in total. The lowest BCUT2D eigenvalue weighted by Crippen LogP contribution is -2.56. The van der Waals surface area contributed by atoms with Gasteiger partial charge in [0, 0.05) is 0 Å². The molecular weight excluding hydrogens is 188 g/mol. The quantitative estimate of drug-likeness (QED) is 0.367. The Hall–Kier alpha value is 0.0900. The third kappa shape index (κ3) is 1.71. The van der Waals surface area contributed by atoms with E-state index in [0.29, 0.717) is 0 Å². The second-order valence-electron chi connectivity index (χ2n) is 2.67. The third-order valence-electron chi connectivity index (χ3n) is 1.82. The number of aliphatic hydroxyl groups excluding tert-OH is 4. The second-order valence-corrected chi connectivity index (χ2v) is 3.18. The Morgan fingerprint density at radius 2 is 1.75 bits per heavy atom. The van der Waals surface area contributed by atoms with Crippen molar-refractivity contribution in [3.05, 3.63) is 0 Å². The van der Waals surface area contributed by atoms with E-state index in [9.17, 15) is 5.11 Å². The highest BCUT2D eigenvalue weighted by Gasteiger charge is 2.42. The lowest BCUT2D eigenvalue weighted by Gasteiger charge is -2.37. The number of halogens is 1. The molecule has 0 aromatic heterocycles. The van der Waals surface area contributed by atoms with Crippen molar-refractivity contribution in [2.75, 3.05) is 6.61 Å². The molecule has 4 N–H and O–H groups in total. The highest BCUT2D eigenvalue weighted by Crippen LogP contribution is 2.23. The molecule has 0 radical (unpaired) electrons. The molecule has 5 atom stereocenters. The first kappa shape index (κ1) is 10.2. The molecule has 0 amide bonds. The van der Waals surface area contributed by atoms with Gasteiger partial charge in [-0.05, 0) is 0 Å². The van der Waals surface area contributed by atoms with Crippen LogP contribution < -0.4 is 0 Å². The third-order valence-corrected chi connectivity index (χ3v) is 2.34. The summed E-state index contributed by atoms with van der Waals surface area (Å²) in [6.07, 6.45) is -4.89. The van der Waals surface area contributed by atoms with Crippen molar-refractivity contribution in [3.63, 3.8) is 0 Å². The van der Waals surface area contributed by atoms with Crippen LogP contribution in [0.3, 0.4) is 0 Å². The molecule has 12 heavy (non-hydrogen) atoms. The summed E-state index contributed by atoms with van der Waals surface area (Å²) in [4.78, 5) is 0. The van der Waals surface area contributed by atoms with Crippen LogP contribution in [0.25, 0.3) is 0 Å². The maximum Gasteiger partial charge on any atom is 0.182 e. The molecule has 1 aliphatic rings. The summed E-state index contributed by atoms with van der Waals surface area (Å²) in [7, 11) is 0. The summed E-state index contributed by atoms with van der Waals surface area (Å²) < 4.78 is 4.65. The zero-order valence-corrected chi connectivity index (χ0v) is 6.92. The second kappa shape index (κ2) is 3.87. The maximum atomic E-state index is 9.24. The van der Waals surface area contributed by atoms with Crippen molar-refractivity contribution in [1.29, 1.82) is 0 Å². The van der Waals surface area contributed by atoms with E-state index in [1.807, 2.05) is 0 Å². The Kier molecular flexibility index (Phi) is 3.28. The first-order chi connectivity index (χ1) is 5.57. The fourth-order valence-corrected chi connectivity index (χ4v) is 1.34. The summed E-state index contributed by atoms with van der Waals surface area (Å²) in [5.74, 6) is 0. The topological polar surface area (TPSA) is 90.2 Å². The van der Waals surface area contributed by atoms with Gasteiger partial charge in [0.15, 0.2) is 6.29 Å². The largest absolute Gasteiger partial charge is 0.394 e. The van der Waals surface area contributed by atoms with Gasteiger partial charge in [0.05, 0.1) is 12.0 Å². The van der Waals surface area contributed by atoms with Crippen LogP contribution in [0.5, 0.6) is 0 Å². The van der Waals surface area contributed by atoms with Crippen LogP contribution in [0.1, 0.15) is 0 Å². The fraction of sp³-hybridized carbons (Fsp3) is 1.00. The molecule has 0 aliphatic carbocycles. The van der Waals surface area contributed by atoms with Crippen LogP contribution in [0.4, 0.5) is 0 Å². The van der Waals surface area contributed by atoms with Gasteiger partial charge in [0.1, 0.15) is 18.3 Å². The fourth-order valence-electron chi connectivity index (χ4n) is 1.06. The lowest BCUT2D eigenvalue weighted by molar-refractivity contribution is -0.249. The van der Waals surface area contributed by atoms with Crippen molar-refractivity contribution in [2.45, 2.75) is 30.0 Å². The predicted molar refractivity (Wildman–Crippen MR) is 39.6 cm³/mol. The maximum absolute atomic E-state index is 9.24. The van der Waals surface area contributed by atoms with Crippen LogP contribution in [0, 0.1) is 0 Å². The molecular formula is C6H11ClO5. The number of aliphatic hydroxyl groups is 4. The Bertz CT molecular complexity index is 150. The van der Waals surface area contributed by atoms with Gasteiger partial charge in [-0.3, -0.25) is 0 Å². The lowest BCUT2D eigenvalue weighted by atomic mass is 10.0. The van der Waals surface area contributed by atoms with Crippen molar-refractivity contribution in [2.24, 2.45) is 0 Å². The van der Waals surface area contributed by atoms with E-state index in [1.165, 1.54) is 0 Å². The summed E-state index contributed by atoms with van der Waals surface area (Å²) in [5.41, 5.74) is 0. The first-order valence-corrected chi connectivity index (χ1v) is 3.96. The normalized spacial score (nSPS) is 49.2. The predicted octanol–water partition coefficient (Wildman–Crippen LogP) is -1.97. The van der Waals surface area contributed by atoms with Gasteiger partial charge in [-0.15, -0.1) is 11.6 Å². The minimum Gasteiger partial charge on any atom is -0.394 e. The Morgan fingerprint density at radius 1 is 1.17 bits per heavy atom. The minimum atomic E-state index is -1.45. The zero-order valence-electron chi connectivity index (χ0n) is 6.17. The van der Waals surface area contributed by atoms with Crippen LogP contribution in [-0.4, -0.2) is 57.0 Å². The number of ether oxygens (including phenoxy) is 1. The molecule has 72 valence electrons. The minimum absolute atomic E-state index is 0.450. The van der Waals surface area contributed by atoms with E-state index in [0.717, 1.165) is 0 Å². The van der Waals surface area contributed by atoms with Crippen LogP contribution in [-0.2, 0) is 4.74 Å². The number of rotatable bonds is 1. The molecule has 6 heteroatoms. The van der Waals surface area contributed by atoms with Crippen LogP contribution in [0.2, 0.25) is 0 Å². The summed E-state index contributed by atoms with van der Waals surface area (Å²) in [6.45, 7) is -0.450. The molecule has 0 bridgehead atoms. The molecule has 1 fully saturated rings. The molecule has 0 saturated carbocycles. The molecule has 1 saturated heterocycles. The number of hydrogen-bond donors (Lipinski definition) is 4. The zero-order chi connectivity index (χ0) is 9.30. The Balaban J connectivity index is 2.63. The van der Waals surface area contributed by atoms with E-state index in [-0.39, 0.29) is 0 Å². The Labute approximate surface area is 74.2 Å². The summed E-state index contributed by atoms with van der Waals surface area (Å²) in [6, 6.07) is 0. The average molecular weight is 199 g/mol. The highest BCUT2D eigenvalue weighted by atomic mass is 35.5. The molecule has 0 aromatic rings.